The molecule has 0 aliphatic carbocycles. The predicted octanol–water partition coefficient (Wildman–Crippen LogP) is 1.87. The summed E-state index contributed by atoms with van der Waals surface area (Å²) in [6, 6.07) is 11.1. The Balaban J connectivity index is 1.69. The maximum absolute atomic E-state index is 12.3. The van der Waals surface area contributed by atoms with Crippen LogP contribution < -0.4 is 5.32 Å². The lowest BCUT2D eigenvalue weighted by Gasteiger charge is -2.02. The second-order valence-electron chi connectivity index (χ2n) is 4.89. The van der Waals surface area contributed by atoms with Crippen molar-refractivity contribution >= 4 is 28.5 Å². The van der Waals surface area contributed by atoms with Crippen LogP contribution in [0.1, 0.15) is 10.5 Å². The van der Waals surface area contributed by atoms with Gasteiger partial charge in [0.25, 0.3) is 5.91 Å². The number of anilines is 1. The number of aryl methyl sites for hydroxylation is 1. The van der Waals surface area contributed by atoms with E-state index in [9.17, 15) is 4.79 Å². The highest BCUT2D eigenvalue weighted by atomic mass is 16.2. The van der Waals surface area contributed by atoms with Crippen molar-refractivity contribution in [3.63, 3.8) is 0 Å². The molecule has 0 atom stereocenters. The summed E-state index contributed by atoms with van der Waals surface area (Å²) < 4.78 is 3.39. The highest BCUT2D eigenvalue weighted by molar-refractivity contribution is 6.03. The molecule has 0 radical (unpaired) electrons. The van der Waals surface area contributed by atoms with Crippen molar-refractivity contribution in [3.05, 3.63) is 54.5 Å². The van der Waals surface area contributed by atoms with Crippen LogP contribution >= 0.6 is 0 Å². The third-order valence-electron chi connectivity index (χ3n) is 3.48. The Morgan fingerprint density at radius 3 is 2.91 bits per heavy atom. The summed E-state index contributed by atoms with van der Waals surface area (Å²) in [7, 11) is 1.86. The minimum atomic E-state index is -0.316. The van der Waals surface area contributed by atoms with Gasteiger partial charge in [0.2, 0.25) is 5.95 Å². The summed E-state index contributed by atoms with van der Waals surface area (Å²) in [5.41, 5.74) is 2.70. The number of amides is 1. The summed E-state index contributed by atoms with van der Waals surface area (Å²) in [5, 5.41) is 6.98. The first-order valence-electron chi connectivity index (χ1n) is 6.75. The van der Waals surface area contributed by atoms with Crippen LogP contribution in [0.4, 0.5) is 5.95 Å². The van der Waals surface area contributed by atoms with Gasteiger partial charge in [-0.2, -0.15) is 5.10 Å². The van der Waals surface area contributed by atoms with Gasteiger partial charge in [0.15, 0.2) is 11.3 Å². The predicted molar refractivity (Wildman–Crippen MR) is 81.7 cm³/mol. The smallest absolute Gasteiger partial charge is 0.278 e. The molecule has 1 N–H and O–H groups in total. The standard InChI is InChI=1S/C15H12N6O/c1-20-12-6-3-2-5-10(12)17-15(20)18-14(22)11-9-13-16-7-4-8-21(13)19-11/h2-9H,1H3,(H,17,18,22). The molecule has 4 aromatic rings. The van der Waals surface area contributed by atoms with E-state index in [1.165, 1.54) is 0 Å². The number of rotatable bonds is 2. The lowest BCUT2D eigenvalue weighted by atomic mass is 10.3. The molecule has 3 heterocycles. The number of hydrogen-bond donors (Lipinski definition) is 1. The summed E-state index contributed by atoms with van der Waals surface area (Å²) >= 11 is 0. The molecule has 3 aromatic heterocycles. The van der Waals surface area contributed by atoms with Crippen molar-refractivity contribution in [1.29, 1.82) is 0 Å². The Labute approximate surface area is 125 Å². The Morgan fingerprint density at radius 2 is 2.09 bits per heavy atom. The number of nitrogens with zero attached hydrogens (tertiary/aromatic N) is 5. The van der Waals surface area contributed by atoms with Crippen LogP contribution in [0.3, 0.4) is 0 Å². The molecule has 108 valence electrons. The molecule has 4 rings (SSSR count). The third-order valence-corrected chi connectivity index (χ3v) is 3.48. The van der Waals surface area contributed by atoms with Crippen LogP contribution in [0, 0.1) is 0 Å². The second kappa shape index (κ2) is 4.66. The molecule has 7 nitrogen and oxygen atoms in total. The maximum atomic E-state index is 12.3. The SMILES string of the molecule is Cn1c(NC(=O)c2cc3ncccn3n2)nc2ccccc21. The number of para-hydroxylation sites is 2. The van der Waals surface area contributed by atoms with Crippen LogP contribution in [-0.4, -0.2) is 30.1 Å². The topological polar surface area (TPSA) is 77.1 Å². The highest BCUT2D eigenvalue weighted by Crippen LogP contribution is 2.18. The van der Waals surface area contributed by atoms with Crippen LogP contribution in [0.2, 0.25) is 0 Å². The zero-order valence-corrected chi connectivity index (χ0v) is 11.8. The number of carbonyl (C=O) groups excluding carboxylic acids is 1. The first-order chi connectivity index (χ1) is 10.7. The molecule has 0 saturated heterocycles. The molecule has 0 unspecified atom stereocenters. The first-order valence-corrected chi connectivity index (χ1v) is 6.75. The van der Waals surface area contributed by atoms with Crippen LogP contribution in [-0.2, 0) is 7.05 Å². The summed E-state index contributed by atoms with van der Waals surface area (Å²) in [5.74, 6) is 0.167. The quantitative estimate of drug-likeness (QED) is 0.612. The van der Waals surface area contributed by atoms with Crippen molar-refractivity contribution in [1.82, 2.24) is 24.1 Å². The number of carbonyl (C=O) groups is 1. The van der Waals surface area contributed by atoms with Crippen molar-refractivity contribution in [2.24, 2.45) is 7.05 Å². The van der Waals surface area contributed by atoms with Crippen LogP contribution in [0.15, 0.2) is 48.8 Å². The monoisotopic (exact) mass is 292 g/mol. The van der Waals surface area contributed by atoms with Crippen molar-refractivity contribution in [3.8, 4) is 0 Å². The molecule has 0 fully saturated rings. The van der Waals surface area contributed by atoms with Crippen molar-refractivity contribution in [2.45, 2.75) is 0 Å². The van der Waals surface area contributed by atoms with Gasteiger partial charge < -0.3 is 4.57 Å². The average Bonchev–Trinajstić information content (AvgIpc) is 3.10. The van der Waals surface area contributed by atoms with E-state index in [4.69, 9.17) is 0 Å². The Bertz CT molecular complexity index is 967. The third kappa shape index (κ3) is 1.91. The molecule has 7 heteroatoms. The molecule has 0 aliphatic rings. The number of aromatic nitrogens is 5. The highest BCUT2D eigenvalue weighted by Gasteiger charge is 2.15. The minimum Gasteiger partial charge on any atom is -0.313 e. The molecule has 0 bridgehead atoms. The molecule has 1 amide bonds. The molecule has 0 aliphatic heterocycles. The molecule has 0 saturated carbocycles. The van der Waals surface area contributed by atoms with Gasteiger partial charge in [-0.15, -0.1) is 0 Å². The lowest BCUT2D eigenvalue weighted by molar-refractivity contribution is 0.102. The number of benzene rings is 1. The summed E-state index contributed by atoms with van der Waals surface area (Å²) in [4.78, 5) is 20.9. The van der Waals surface area contributed by atoms with Crippen LogP contribution in [0.25, 0.3) is 16.7 Å². The van der Waals surface area contributed by atoms with Gasteiger partial charge in [-0.1, -0.05) is 12.1 Å². The van der Waals surface area contributed by atoms with E-state index in [-0.39, 0.29) is 5.91 Å². The fraction of sp³-hybridized carbons (Fsp3) is 0.0667. The zero-order chi connectivity index (χ0) is 15.1. The van der Waals surface area contributed by atoms with Crippen LogP contribution in [0.5, 0.6) is 0 Å². The number of nitrogens with one attached hydrogen (secondary N) is 1. The average molecular weight is 292 g/mol. The van der Waals surface area contributed by atoms with Gasteiger partial charge in [0.1, 0.15) is 0 Å². The Morgan fingerprint density at radius 1 is 1.23 bits per heavy atom. The fourth-order valence-corrected chi connectivity index (χ4v) is 2.36. The Kier molecular flexibility index (Phi) is 2.65. The van der Waals surface area contributed by atoms with E-state index < -0.39 is 0 Å². The van der Waals surface area contributed by atoms with E-state index in [0.29, 0.717) is 17.3 Å². The van der Waals surface area contributed by atoms with Gasteiger partial charge in [0.05, 0.1) is 11.0 Å². The van der Waals surface area contributed by atoms with E-state index in [2.05, 4.69) is 20.4 Å². The number of hydrogen-bond acceptors (Lipinski definition) is 4. The molecule has 1 aromatic carbocycles. The lowest BCUT2D eigenvalue weighted by Crippen LogP contribution is -2.15. The zero-order valence-electron chi connectivity index (χ0n) is 11.8. The van der Waals surface area contributed by atoms with Gasteiger partial charge in [-0.05, 0) is 18.2 Å². The summed E-state index contributed by atoms with van der Waals surface area (Å²) in [6.07, 6.45) is 3.40. The van der Waals surface area contributed by atoms with Crippen molar-refractivity contribution < 1.29 is 4.79 Å². The molecular weight excluding hydrogens is 280 g/mol. The molecule has 22 heavy (non-hydrogen) atoms. The fourth-order valence-electron chi connectivity index (χ4n) is 2.36. The Hall–Kier alpha value is -3.22. The van der Waals surface area contributed by atoms with Gasteiger partial charge >= 0.3 is 0 Å². The van der Waals surface area contributed by atoms with E-state index >= 15 is 0 Å². The first kappa shape index (κ1) is 12.5. The van der Waals surface area contributed by atoms with E-state index in [1.54, 1.807) is 29.0 Å². The number of fused-ring (bicyclic) bond motifs is 2. The van der Waals surface area contributed by atoms with Crippen molar-refractivity contribution in [2.75, 3.05) is 5.32 Å². The van der Waals surface area contributed by atoms with Gasteiger partial charge in [-0.3, -0.25) is 10.1 Å². The second-order valence-corrected chi connectivity index (χ2v) is 4.89. The molecular formula is C15H12N6O. The summed E-state index contributed by atoms with van der Waals surface area (Å²) in [6.45, 7) is 0. The largest absolute Gasteiger partial charge is 0.313 e. The minimum absolute atomic E-state index is 0.297. The maximum Gasteiger partial charge on any atom is 0.278 e. The number of imidazole rings is 1. The van der Waals surface area contributed by atoms with Gasteiger partial charge in [-0.25, -0.2) is 14.5 Å². The van der Waals surface area contributed by atoms with Gasteiger partial charge in [0, 0.05) is 25.5 Å². The van der Waals surface area contributed by atoms with E-state index in [1.807, 2.05) is 35.9 Å². The normalized spacial score (nSPS) is 11.1. The molecule has 0 spiro atoms. The van der Waals surface area contributed by atoms with E-state index in [0.717, 1.165) is 11.0 Å².